The number of benzene rings is 3. The van der Waals surface area contributed by atoms with Gasteiger partial charge >= 0.3 is 0 Å². The average Bonchev–Trinajstić information content (AvgIpc) is 3.13. The number of aromatic nitrogens is 1. The van der Waals surface area contributed by atoms with Crippen LogP contribution in [0.1, 0.15) is 15.9 Å². The van der Waals surface area contributed by atoms with E-state index >= 15 is 0 Å². The van der Waals surface area contributed by atoms with E-state index in [2.05, 4.69) is 15.6 Å². The Morgan fingerprint density at radius 1 is 0.962 bits per heavy atom. The summed E-state index contributed by atoms with van der Waals surface area (Å²) in [5.74, 6) is -0.201. The fourth-order valence-electron chi connectivity index (χ4n) is 2.69. The standard InChI is InChI=1S/C21H17N3O2/c1-14-6-9-16(10-7-14)23-17-4-2-3-5-18(17)24-21(25)15-8-11-20-19(12-15)22-13-26-20/h2-13,23H,1H3,(H,24,25). The minimum Gasteiger partial charge on any atom is -0.443 e. The van der Waals surface area contributed by atoms with Gasteiger partial charge in [-0.2, -0.15) is 0 Å². The fourth-order valence-corrected chi connectivity index (χ4v) is 2.69. The van der Waals surface area contributed by atoms with Gasteiger partial charge < -0.3 is 15.1 Å². The van der Waals surface area contributed by atoms with Crippen molar-refractivity contribution >= 4 is 34.1 Å². The monoisotopic (exact) mass is 343 g/mol. The van der Waals surface area contributed by atoms with Crippen molar-refractivity contribution in [2.24, 2.45) is 0 Å². The Morgan fingerprint density at radius 3 is 2.54 bits per heavy atom. The Morgan fingerprint density at radius 2 is 1.73 bits per heavy atom. The van der Waals surface area contributed by atoms with Crippen LogP contribution in [0.3, 0.4) is 0 Å². The lowest BCUT2D eigenvalue weighted by atomic mass is 10.1. The van der Waals surface area contributed by atoms with E-state index in [1.165, 1.54) is 12.0 Å². The van der Waals surface area contributed by atoms with Gasteiger partial charge in [0.1, 0.15) is 5.52 Å². The Labute approximate surface area is 150 Å². The molecule has 0 bridgehead atoms. The van der Waals surface area contributed by atoms with Gasteiger partial charge in [-0.3, -0.25) is 4.79 Å². The van der Waals surface area contributed by atoms with Gasteiger partial charge in [0, 0.05) is 11.3 Å². The number of anilines is 3. The molecule has 1 aromatic heterocycles. The predicted molar refractivity (Wildman–Crippen MR) is 103 cm³/mol. The van der Waals surface area contributed by atoms with Gasteiger partial charge in [-0.25, -0.2) is 4.98 Å². The van der Waals surface area contributed by atoms with Crippen LogP contribution in [-0.4, -0.2) is 10.9 Å². The lowest BCUT2D eigenvalue weighted by Gasteiger charge is -2.13. The number of aryl methyl sites for hydroxylation is 1. The first-order valence-corrected chi connectivity index (χ1v) is 8.26. The quantitative estimate of drug-likeness (QED) is 0.539. The van der Waals surface area contributed by atoms with Crippen LogP contribution in [0.5, 0.6) is 0 Å². The summed E-state index contributed by atoms with van der Waals surface area (Å²) in [7, 11) is 0. The van der Waals surface area contributed by atoms with Crippen molar-refractivity contribution in [2.75, 3.05) is 10.6 Å². The Hall–Kier alpha value is -3.60. The molecule has 0 aliphatic rings. The molecule has 3 aromatic carbocycles. The molecule has 0 radical (unpaired) electrons. The van der Waals surface area contributed by atoms with Gasteiger partial charge in [0.2, 0.25) is 0 Å². The highest BCUT2D eigenvalue weighted by molar-refractivity contribution is 6.07. The number of carbonyl (C=O) groups is 1. The largest absolute Gasteiger partial charge is 0.443 e. The van der Waals surface area contributed by atoms with Crippen molar-refractivity contribution in [1.29, 1.82) is 0 Å². The second-order valence-electron chi connectivity index (χ2n) is 6.03. The van der Waals surface area contributed by atoms with Crippen molar-refractivity contribution in [3.63, 3.8) is 0 Å². The number of oxazole rings is 1. The molecular formula is C21H17N3O2. The van der Waals surface area contributed by atoms with Crippen molar-refractivity contribution in [1.82, 2.24) is 4.98 Å². The van der Waals surface area contributed by atoms with Gasteiger partial charge in [-0.1, -0.05) is 29.8 Å². The van der Waals surface area contributed by atoms with E-state index in [-0.39, 0.29) is 5.91 Å². The highest BCUT2D eigenvalue weighted by atomic mass is 16.3. The molecule has 0 unspecified atom stereocenters. The molecule has 0 spiro atoms. The number of nitrogens with zero attached hydrogens (tertiary/aromatic N) is 1. The molecular weight excluding hydrogens is 326 g/mol. The first-order valence-electron chi connectivity index (χ1n) is 8.26. The van der Waals surface area contributed by atoms with Gasteiger partial charge in [-0.15, -0.1) is 0 Å². The molecule has 1 amide bonds. The molecule has 5 heteroatoms. The first kappa shape index (κ1) is 15.9. The molecule has 26 heavy (non-hydrogen) atoms. The Kier molecular flexibility index (Phi) is 4.11. The average molecular weight is 343 g/mol. The van der Waals surface area contributed by atoms with Crippen LogP contribution < -0.4 is 10.6 Å². The predicted octanol–water partition coefficient (Wildman–Crippen LogP) is 5.13. The van der Waals surface area contributed by atoms with Crippen LogP contribution in [0, 0.1) is 6.92 Å². The molecule has 5 nitrogen and oxygen atoms in total. The number of fused-ring (bicyclic) bond motifs is 1. The van der Waals surface area contributed by atoms with Crippen LogP contribution in [0.15, 0.2) is 77.5 Å². The lowest BCUT2D eigenvalue weighted by Crippen LogP contribution is -2.13. The third-order valence-electron chi connectivity index (χ3n) is 4.10. The number of carbonyl (C=O) groups excluding carboxylic acids is 1. The molecule has 0 saturated carbocycles. The summed E-state index contributed by atoms with van der Waals surface area (Å²) in [4.78, 5) is 16.7. The number of para-hydroxylation sites is 2. The van der Waals surface area contributed by atoms with Crippen LogP contribution in [0.25, 0.3) is 11.1 Å². The lowest BCUT2D eigenvalue weighted by molar-refractivity contribution is 0.102. The Balaban J connectivity index is 1.57. The summed E-state index contributed by atoms with van der Waals surface area (Å²) in [5, 5.41) is 6.30. The summed E-state index contributed by atoms with van der Waals surface area (Å²) >= 11 is 0. The van der Waals surface area contributed by atoms with E-state index in [0.29, 0.717) is 22.4 Å². The smallest absolute Gasteiger partial charge is 0.255 e. The number of nitrogens with one attached hydrogen (secondary N) is 2. The third kappa shape index (κ3) is 3.28. The maximum Gasteiger partial charge on any atom is 0.255 e. The number of hydrogen-bond donors (Lipinski definition) is 2. The maximum atomic E-state index is 12.6. The summed E-state index contributed by atoms with van der Waals surface area (Å²) in [5.41, 5.74) is 5.52. The summed E-state index contributed by atoms with van der Waals surface area (Å²) in [6, 6.07) is 20.9. The molecule has 2 N–H and O–H groups in total. The molecule has 0 atom stereocenters. The van der Waals surface area contributed by atoms with E-state index in [1.54, 1.807) is 18.2 Å². The van der Waals surface area contributed by atoms with Crippen molar-refractivity contribution < 1.29 is 9.21 Å². The number of hydrogen-bond acceptors (Lipinski definition) is 4. The summed E-state index contributed by atoms with van der Waals surface area (Å²) in [6.45, 7) is 2.05. The minimum absolute atomic E-state index is 0.201. The number of amides is 1. The molecule has 1 heterocycles. The van der Waals surface area contributed by atoms with E-state index < -0.39 is 0 Å². The zero-order valence-electron chi connectivity index (χ0n) is 14.2. The van der Waals surface area contributed by atoms with Gasteiger partial charge in [-0.05, 0) is 49.4 Å². The van der Waals surface area contributed by atoms with Crippen LogP contribution in [-0.2, 0) is 0 Å². The van der Waals surface area contributed by atoms with Crippen molar-refractivity contribution in [3.8, 4) is 0 Å². The second-order valence-corrected chi connectivity index (χ2v) is 6.03. The van der Waals surface area contributed by atoms with Crippen LogP contribution in [0.2, 0.25) is 0 Å². The van der Waals surface area contributed by atoms with E-state index in [0.717, 1.165) is 11.4 Å². The van der Waals surface area contributed by atoms with Crippen molar-refractivity contribution in [3.05, 3.63) is 84.3 Å². The highest BCUT2D eigenvalue weighted by Crippen LogP contribution is 2.26. The third-order valence-corrected chi connectivity index (χ3v) is 4.10. The van der Waals surface area contributed by atoms with Gasteiger partial charge in [0.05, 0.1) is 11.4 Å². The second kappa shape index (κ2) is 6.72. The minimum atomic E-state index is -0.201. The Bertz CT molecular complexity index is 1070. The normalized spacial score (nSPS) is 10.7. The van der Waals surface area contributed by atoms with Crippen LogP contribution in [0.4, 0.5) is 17.1 Å². The SMILES string of the molecule is Cc1ccc(Nc2ccccc2NC(=O)c2ccc3ocnc3c2)cc1. The van der Waals surface area contributed by atoms with Crippen molar-refractivity contribution in [2.45, 2.75) is 6.92 Å². The first-order chi connectivity index (χ1) is 12.7. The van der Waals surface area contributed by atoms with Crippen LogP contribution >= 0.6 is 0 Å². The fraction of sp³-hybridized carbons (Fsp3) is 0.0476. The van der Waals surface area contributed by atoms with Gasteiger partial charge in [0.15, 0.2) is 12.0 Å². The molecule has 0 aliphatic carbocycles. The highest BCUT2D eigenvalue weighted by Gasteiger charge is 2.11. The molecule has 128 valence electrons. The van der Waals surface area contributed by atoms with E-state index in [1.807, 2.05) is 55.5 Å². The summed E-state index contributed by atoms with van der Waals surface area (Å²) < 4.78 is 5.21. The molecule has 4 aromatic rings. The van der Waals surface area contributed by atoms with E-state index in [9.17, 15) is 4.79 Å². The zero-order valence-corrected chi connectivity index (χ0v) is 14.2. The number of rotatable bonds is 4. The molecule has 0 saturated heterocycles. The zero-order chi connectivity index (χ0) is 17.9. The summed E-state index contributed by atoms with van der Waals surface area (Å²) in [6.07, 6.45) is 1.37. The maximum absolute atomic E-state index is 12.6. The molecule has 0 fully saturated rings. The topological polar surface area (TPSA) is 67.2 Å². The van der Waals surface area contributed by atoms with E-state index in [4.69, 9.17) is 4.42 Å². The molecule has 0 aliphatic heterocycles. The molecule has 4 rings (SSSR count). The van der Waals surface area contributed by atoms with Gasteiger partial charge in [0.25, 0.3) is 5.91 Å².